The largest absolute Gasteiger partial charge is 0.394 e. The summed E-state index contributed by atoms with van der Waals surface area (Å²) in [5.41, 5.74) is 3.87. The van der Waals surface area contributed by atoms with Crippen molar-refractivity contribution in [2.24, 2.45) is 0 Å². The summed E-state index contributed by atoms with van der Waals surface area (Å²) in [5.74, 6) is 0. The molecule has 0 aromatic heterocycles. The first-order valence-electron chi connectivity index (χ1n) is 6.74. The first-order chi connectivity index (χ1) is 8.50. The SMILES string of the molecule is CC(Cc1ccc2c(c1)CCN2)NC(C)(C)CO. The van der Waals surface area contributed by atoms with E-state index in [9.17, 15) is 5.11 Å². The molecular formula is C15H24N2O. The Bertz CT molecular complexity index is 415. The highest BCUT2D eigenvalue weighted by Crippen LogP contribution is 2.23. The van der Waals surface area contributed by atoms with Gasteiger partial charge in [0.25, 0.3) is 0 Å². The third kappa shape index (κ3) is 3.24. The summed E-state index contributed by atoms with van der Waals surface area (Å²) in [6, 6.07) is 7.04. The normalized spacial score (nSPS) is 16.2. The van der Waals surface area contributed by atoms with E-state index in [1.54, 1.807) is 0 Å². The van der Waals surface area contributed by atoms with Gasteiger partial charge in [0.05, 0.1) is 6.61 Å². The van der Waals surface area contributed by atoms with Crippen LogP contribution in [0.4, 0.5) is 5.69 Å². The lowest BCUT2D eigenvalue weighted by Crippen LogP contribution is -2.48. The van der Waals surface area contributed by atoms with Gasteiger partial charge in [0.2, 0.25) is 0 Å². The molecule has 3 heteroatoms. The van der Waals surface area contributed by atoms with Gasteiger partial charge >= 0.3 is 0 Å². The van der Waals surface area contributed by atoms with Gasteiger partial charge in [-0.05, 0) is 50.8 Å². The van der Waals surface area contributed by atoms with Crippen LogP contribution in [0.1, 0.15) is 31.9 Å². The number of fused-ring (bicyclic) bond motifs is 1. The molecule has 1 heterocycles. The molecule has 0 saturated heterocycles. The van der Waals surface area contributed by atoms with Crippen LogP contribution in [0.2, 0.25) is 0 Å². The average Bonchev–Trinajstić information content (AvgIpc) is 2.75. The van der Waals surface area contributed by atoms with Crippen molar-refractivity contribution in [1.29, 1.82) is 0 Å². The molecule has 3 N–H and O–H groups in total. The Hall–Kier alpha value is -1.06. The lowest BCUT2D eigenvalue weighted by Gasteiger charge is -2.28. The van der Waals surface area contributed by atoms with Crippen LogP contribution >= 0.6 is 0 Å². The van der Waals surface area contributed by atoms with Gasteiger partial charge < -0.3 is 15.7 Å². The number of aliphatic hydroxyl groups excluding tert-OH is 1. The van der Waals surface area contributed by atoms with Gasteiger partial charge in [-0.25, -0.2) is 0 Å². The molecule has 0 aliphatic carbocycles. The standard InChI is InChI=1S/C15H24N2O/c1-11(17-15(2,3)10-18)8-12-4-5-14-13(9-12)6-7-16-14/h4-5,9,11,16-18H,6-8,10H2,1-3H3. The van der Waals surface area contributed by atoms with Crippen molar-refractivity contribution in [1.82, 2.24) is 5.32 Å². The van der Waals surface area contributed by atoms with Crippen molar-refractivity contribution >= 4 is 5.69 Å². The summed E-state index contributed by atoms with van der Waals surface area (Å²) in [5, 5.41) is 16.1. The molecular weight excluding hydrogens is 224 g/mol. The maximum Gasteiger partial charge on any atom is 0.0607 e. The lowest BCUT2D eigenvalue weighted by molar-refractivity contribution is 0.177. The van der Waals surface area contributed by atoms with E-state index in [-0.39, 0.29) is 12.1 Å². The molecule has 0 amide bonds. The zero-order valence-corrected chi connectivity index (χ0v) is 11.6. The van der Waals surface area contributed by atoms with E-state index < -0.39 is 0 Å². The van der Waals surface area contributed by atoms with E-state index in [0.29, 0.717) is 6.04 Å². The fourth-order valence-electron chi connectivity index (χ4n) is 2.60. The van der Waals surface area contributed by atoms with Gasteiger partial charge in [-0.3, -0.25) is 0 Å². The highest BCUT2D eigenvalue weighted by atomic mass is 16.3. The van der Waals surface area contributed by atoms with E-state index in [1.807, 2.05) is 13.8 Å². The maximum absolute atomic E-state index is 9.27. The fourth-order valence-corrected chi connectivity index (χ4v) is 2.60. The number of aliphatic hydroxyl groups is 1. The third-order valence-electron chi connectivity index (χ3n) is 3.45. The van der Waals surface area contributed by atoms with Crippen LogP contribution in [0.15, 0.2) is 18.2 Å². The Morgan fingerprint density at radius 3 is 2.94 bits per heavy atom. The number of nitrogens with one attached hydrogen (secondary N) is 2. The summed E-state index contributed by atoms with van der Waals surface area (Å²) in [6.07, 6.45) is 2.13. The lowest BCUT2D eigenvalue weighted by atomic mass is 10.00. The zero-order valence-electron chi connectivity index (χ0n) is 11.6. The zero-order chi connectivity index (χ0) is 13.2. The molecule has 18 heavy (non-hydrogen) atoms. The predicted molar refractivity (Wildman–Crippen MR) is 76.1 cm³/mol. The molecule has 0 bridgehead atoms. The molecule has 0 fully saturated rings. The number of benzene rings is 1. The van der Waals surface area contributed by atoms with Gasteiger partial charge in [-0.2, -0.15) is 0 Å². The van der Waals surface area contributed by atoms with Crippen LogP contribution in [0.3, 0.4) is 0 Å². The van der Waals surface area contributed by atoms with Crippen LogP contribution in [0.5, 0.6) is 0 Å². The highest BCUT2D eigenvalue weighted by Gasteiger charge is 2.19. The number of rotatable bonds is 5. The summed E-state index contributed by atoms with van der Waals surface area (Å²) in [7, 11) is 0. The average molecular weight is 248 g/mol. The third-order valence-corrected chi connectivity index (χ3v) is 3.45. The maximum atomic E-state index is 9.27. The van der Waals surface area contributed by atoms with Crippen LogP contribution in [0, 0.1) is 0 Å². The second-order valence-corrected chi connectivity index (χ2v) is 5.96. The van der Waals surface area contributed by atoms with Crippen molar-refractivity contribution in [2.45, 2.75) is 45.2 Å². The molecule has 1 aromatic carbocycles. The van der Waals surface area contributed by atoms with Crippen molar-refractivity contribution in [3.63, 3.8) is 0 Å². The Morgan fingerprint density at radius 2 is 2.22 bits per heavy atom. The second kappa shape index (κ2) is 5.29. The summed E-state index contributed by atoms with van der Waals surface area (Å²) in [6.45, 7) is 7.44. The number of hydrogen-bond donors (Lipinski definition) is 3. The van der Waals surface area contributed by atoms with Crippen LogP contribution < -0.4 is 10.6 Å². The van der Waals surface area contributed by atoms with Crippen molar-refractivity contribution in [3.8, 4) is 0 Å². The molecule has 0 spiro atoms. The van der Waals surface area contributed by atoms with E-state index >= 15 is 0 Å². The van der Waals surface area contributed by atoms with Gasteiger partial charge in [-0.1, -0.05) is 12.1 Å². The van der Waals surface area contributed by atoms with Crippen LogP contribution in [0.25, 0.3) is 0 Å². The minimum Gasteiger partial charge on any atom is -0.394 e. The molecule has 2 rings (SSSR count). The fraction of sp³-hybridized carbons (Fsp3) is 0.600. The predicted octanol–water partition coefficient (Wildman–Crippen LogP) is 1.95. The van der Waals surface area contributed by atoms with E-state index in [1.165, 1.54) is 16.8 Å². The van der Waals surface area contributed by atoms with Crippen molar-refractivity contribution < 1.29 is 5.11 Å². The Morgan fingerprint density at radius 1 is 1.44 bits per heavy atom. The number of hydrogen-bond acceptors (Lipinski definition) is 3. The molecule has 1 aliphatic heterocycles. The quantitative estimate of drug-likeness (QED) is 0.746. The molecule has 100 valence electrons. The molecule has 0 saturated carbocycles. The van der Waals surface area contributed by atoms with E-state index in [4.69, 9.17) is 0 Å². The first-order valence-corrected chi connectivity index (χ1v) is 6.74. The van der Waals surface area contributed by atoms with E-state index in [2.05, 4.69) is 35.8 Å². The topological polar surface area (TPSA) is 44.3 Å². The smallest absolute Gasteiger partial charge is 0.0607 e. The van der Waals surface area contributed by atoms with Crippen LogP contribution in [-0.2, 0) is 12.8 Å². The Labute approximate surface area is 110 Å². The van der Waals surface area contributed by atoms with Gasteiger partial charge in [-0.15, -0.1) is 0 Å². The van der Waals surface area contributed by atoms with Gasteiger partial charge in [0.15, 0.2) is 0 Å². The molecule has 1 unspecified atom stereocenters. The van der Waals surface area contributed by atoms with Crippen LogP contribution in [-0.4, -0.2) is 29.8 Å². The molecule has 1 aliphatic rings. The minimum atomic E-state index is -0.211. The summed E-state index contributed by atoms with van der Waals surface area (Å²) in [4.78, 5) is 0. The summed E-state index contributed by atoms with van der Waals surface area (Å²) >= 11 is 0. The summed E-state index contributed by atoms with van der Waals surface area (Å²) < 4.78 is 0. The van der Waals surface area contributed by atoms with Crippen molar-refractivity contribution in [2.75, 3.05) is 18.5 Å². The first kappa shape index (κ1) is 13.4. The van der Waals surface area contributed by atoms with E-state index in [0.717, 1.165) is 19.4 Å². The Balaban J connectivity index is 1.97. The monoisotopic (exact) mass is 248 g/mol. The van der Waals surface area contributed by atoms with Crippen molar-refractivity contribution in [3.05, 3.63) is 29.3 Å². The highest BCUT2D eigenvalue weighted by molar-refractivity contribution is 5.56. The van der Waals surface area contributed by atoms with Gasteiger partial charge in [0.1, 0.15) is 0 Å². The molecule has 1 atom stereocenters. The number of anilines is 1. The Kier molecular flexibility index (Phi) is 3.93. The van der Waals surface area contributed by atoms with Gasteiger partial charge in [0, 0.05) is 23.8 Å². The second-order valence-electron chi connectivity index (χ2n) is 5.96. The minimum absolute atomic E-state index is 0.158. The molecule has 0 radical (unpaired) electrons. The molecule has 3 nitrogen and oxygen atoms in total. The molecule has 1 aromatic rings.